The number of rotatable bonds is 2. The first-order valence-corrected chi connectivity index (χ1v) is 5.83. The quantitative estimate of drug-likeness (QED) is 0.820. The average Bonchev–Trinajstić information content (AvgIpc) is 2.90. The molecule has 84 valence electrons. The lowest BCUT2D eigenvalue weighted by Gasteiger charge is -2.08. The molecule has 1 N–H and O–H groups in total. The van der Waals surface area contributed by atoms with E-state index in [0.29, 0.717) is 0 Å². The monoisotopic (exact) mass is 216 g/mol. The molecule has 0 spiro atoms. The summed E-state index contributed by atoms with van der Waals surface area (Å²) in [6.45, 7) is 4.32. The molecule has 1 fully saturated rings. The van der Waals surface area contributed by atoms with Gasteiger partial charge in [0, 0.05) is 24.3 Å². The van der Waals surface area contributed by atoms with Gasteiger partial charge < -0.3 is 9.72 Å². The van der Waals surface area contributed by atoms with E-state index in [-0.39, 0.29) is 0 Å². The topological polar surface area (TPSA) is 42.2 Å². The Bertz CT molecular complexity index is 497. The Kier molecular flexibility index (Phi) is 2.36. The Balaban J connectivity index is 1.96. The molecular formula is C12H16N4. The van der Waals surface area contributed by atoms with Gasteiger partial charge >= 0.3 is 0 Å². The molecule has 0 unspecified atom stereocenters. The number of fused-ring (bicyclic) bond motifs is 1. The first kappa shape index (κ1) is 9.78. The van der Waals surface area contributed by atoms with Crippen molar-refractivity contribution in [1.29, 1.82) is 0 Å². The summed E-state index contributed by atoms with van der Waals surface area (Å²) in [5, 5.41) is 3.39. The molecular weight excluding hydrogens is 200 g/mol. The zero-order valence-corrected chi connectivity index (χ0v) is 9.48. The van der Waals surface area contributed by atoms with Crippen LogP contribution in [0.15, 0.2) is 18.6 Å². The zero-order valence-electron chi connectivity index (χ0n) is 9.48. The van der Waals surface area contributed by atoms with E-state index in [9.17, 15) is 0 Å². The second-order valence-electron chi connectivity index (χ2n) is 4.53. The van der Waals surface area contributed by atoms with Gasteiger partial charge in [0.05, 0.1) is 5.69 Å². The number of aromatic nitrogens is 3. The molecule has 1 saturated heterocycles. The van der Waals surface area contributed by atoms with Gasteiger partial charge in [-0.2, -0.15) is 0 Å². The summed E-state index contributed by atoms with van der Waals surface area (Å²) in [6.07, 6.45) is 8.05. The molecule has 0 amide bonds. The Morgan fingerprint density at radius 2 is 2.44 bits per heavy atom. The van der Waals surface area contributed by atoms with Crippen LogP contribution in [0.4, 0.5) is 0 Å². The Morgan fingerprint density at radius 3 is 3.25 bits per heavy atom. The maximum absolute atomic E-state index is 4.47. The fraction of sp³-hybridized carbons (Fsp3) is 0.500. The van der Waals surface area contributed by atoms with Crippen LogP contribution in [-0.2, 0) is 6.42 Å². The number of hydrogen-bond donors (Lipinski definition) is 1. The third-order valence-corrected chi connectivity index (χ3v) is 3.33. The van der Waals surface area contributed by atoms with Crippen molar-refractivity contribution in [2.24, 2.45) is 5.92 Å². The lowest BCUT2D eigenvalue weighted by atomic mass is 10.0. The van der Waals surface area contributed by atoms with Crippen molar-refractivity contribution in [2.45, 2.75) is 19.8 Å². The highest BCUT2D eigenvalue weighted by Crippen LogP contribution is 2.17. The molecule has 2 aromatic rings. The molecule has 4 nitrogen and oxygen atoms in total. The molecule has 0 bridgehead atoms. The van der Waals surface area contributed by atoms with Crippen LogP contribution in [0, 0.1) is 12.8 Å². The van der Waals surface area contributed by atoms with Crippen molar-refractivity contribution in [3.05, 3.63) is 30.0 Å². The van der Waals surface area contributed by atoms with E-state index in [1.807, 2.05) is 18.6 Å². The van der Waals surface area contributed by atoms with Crippen molar-refractivity contribution >= 4 is 5.65 Å². The van der Waals surface area contributed by atoms with Crippen LogP contribution in [0.5, 0.6) is 0 Å². The van der Waals surface area contributed by atoms with Gasteiger partial charge in [0.25, 0.3) is 0 Å². The third kappa shape index (κ3) is 1.59. The smallest absolute Gasteiger partial charge is 0.158 e. The fourth-order valence-corrected chi connectivity index (χ4v) is 2.40. The number of aryl methyl sites for hydroxylation is 1. The van der Waals surface area contributed by atoms with Crippen molar-refractivity contribution in [3.8, 4) is 0 Å². The van der Waals surface area contributed by atoms with Crippen LogP contribution in [0.2, 0.25) is 0 Å². The molecule has 3 rings (SSSR count). The van der Waals surface area contributed by atoms with Crippen molar-refractivity contribution in [3.63, 3.8) is 0 Å². The van der Waals surface area contributed by atoms with Crippen LogP contribution >= 0.6 is 0 Å². The first-order valence-electron chi connectivity index (χ1n) is 5.83. The highest BCUT2D eigenvalue weighted by molar-refractivity contribution is 5.45. The summed E-state index contributed by atoms with van der Waals surface area (Å²) in [4.78, 5) is 8.91. The second kappa shape index (κ2) is 3.87. The van der Waals surface area contributed by atoms with Crippen molar-refractivity contribution in [1.82, 2.24) is 19.7 Å². The average molecular weight is 216 g/mol. The number of imidazole rings is 1. The van der Waals surface area contributed by atoms with E-state index in [0.717, 1.165) is 36.8 Å². The summed E-state index contributed by atoms with van der Waals surface area (Å²) in [5.41, 5.74) is 3.32. The van der Waals surface area contributed by atoms with E-state index >= 15 is 0 Å². The van der Waals surface area contributed by atoms with Gasteiger partial charge in [0.2, 0.25) is 0 Å². The molecule has 4 heteroatoms. The molecule has 3 heterocycles. The number of nitrogens with one attached hydrogen (secondary N) is 1. The Morgan fingerprint density at radius 1 is 1.50 bits per heavy atom. The lowest BCUT2D eigenvalue weighted by molar-refractivity contribution is 0.572. The van der Waals surface area contributed by atoms with Gasteiger partial charge in [-0.05, 0) is 38.8 Å². The minimum atomic E-state index is 0.718. The Hall–Kier alpha value is -1.42. The predicted octanol–water partition coefficient (Wildman–Crippen LogP) is 1.19. The highest BCUT2D eigenvalue weighted by atomic mass is 15.0. The number of hydrogen-bond acceptors (Lipinski definition) is 3. The van der Waals surface area contributed by atoms with Crippen LogP contribution in [-0.4, -0.2) is 27.5 Å². The minimum absolute atomic E-state index is 0.718. The predicted molar refractivity (Wildman–Crippen MR) is 62.4 cm³/mol. The van der Waals surface area contributed by atoms with Gasteiger partial charge in [-0.15, -0.1) is 0 Å². The van der Waals surface area contributed by atoms with Crippen molar-refractivity contribution in [2.75, 3.05) is 13.1 Å². The maximum Gasteiger partial charge on any atom is 0.158 e. The van der Waals surface area contributed by atoms with Crippen LogP contribution in [0.25, 0.3) is 5.65 Å². The summed E-state index contributed by atoms with van der Waals surface area (Å²) in [7, 11) is 0. The lowest BCUT2D eigenvalue weighted by Crippen LogP contribution is -2.12. The minimum Gasteiger partial charge on any atom is -0.316 e. The van der Waals surface area contributed by atoms with Gasteiger partial charge in [0.15, 0.2) is 5.65 Å². The van der Waals surface area contributed by atoms with Gasteiger partial charge in [-0.1, -0.05) is 0 Å². The summed E-state index contributed by atoms with van der Waals surface area (Å²) in [5.74, 6) is 0.718. The molecule has 0 aromatic carbocycles. The Labute approximate surface area is 94.7 Å². The second-order valence-corrected chi connectivity index (χ2v) is 4.53. The molecule has 2 aromatic heterocycles. The van der Waals surface area contributed by atoms with E-state index in [4.69, 9.17) is 0 Å². The van der Waals surface area contributed by atoms with E-state index in [1.165, 1.54) is 12.1 Å². The standard InChI is InChI=1S/C12H16N4/c1-9-7-15-12-11(14-4-5-16(9)12)6-10-2-3-13-8-10/h4-5,7,10,13H,2-3,6,8H2,1H3/t10-/m1/s1. The summed E-state index contributed by atoms with van der Waals surface area (Å²) < 4.78 is 2.12. The molecule has 0 saturated carbocycles. The number of nitrogens with zero attached hydrogens (tertiary/aromatic N) is 3. The van der Waals surface area contributed by atoms with Crippen LogP contribution in [0.1, 0.15) is 17.8 Å². The van der Waals surface area contributed by atoms with E-state index in [1.54, 1.807) is 0 Å². The normalized spacial score (nSPS) is 20.7. The van der Waals surface area contributed by atoms with Crippen molar-refractivity contribution < 1.29 is 0 Å². The highest BCUT2D eigenvalue weighted by Gasteiger charge is 2.17. The van der Waals surface area contributed by atoms with Gasteiger partial charge in [-0.3, -0.25) is 4.98 Å². The summed E-state index contributed by atoms with van der Waals surface area (Å²) >= 11 is 0. The molecule has 1 aliphatic heterocycles. The molecule has 1 aliphatic rings. The molecule has 0 aliphatic carbocycles. The molecule has 16 heavy (non-hydrogen) atoms. The van der Waals surface area contributed by atoms with Gasteiger partial charge in [-0.25, -0.2) is 4.98 Å². The third-order valence-electron chi connectivity index (χ3n) is 3.33. The largest absolute Gasteiger partial charge is 0.316 e. The van der Waals surface area contributed by atoms with Crippen LogP contribution in [0.3, 0.4) is 0 Å². The maximum atomic E-state index is 4.47. The summed E-state index contributed by atoms with van der Waals surface area (Å²) in [6, 6.07) is 0. The van der Waals surface area contributed by atoms with Gasteiger partial charge in [0.1, 0.15) is 0 Å². The van der Waals surface area contributed by atoms with E-state index < -0.39 is 0 Å². The first-order chi connectivity index (χ1) is 7.84. The fourth-order valence-electron chi connectivity index (χ4n) is 2.40. The van der Waals surface area contributed by atoms with E-state index in [2.05, 4.69) is 26.6 Å². The van der Waals surface area contributed by atoms with Crippen LogP contribution < -0.4 is 5.32 Å². The molecule has 1 atom stereocenters. The zero-order chi connectivity index (χ0) is 11.0. The SMILES string of the molecule is Cc1cnc2c(C[C@H]3CCNC3)nccn12. The molecule has 0 radical (unpaired) electrons.